The van der Waals surface area contributed by atoms with Crippen molar-refractivity contribution >= 4 is 16.9 Å². The van der Waals surface area contributed by atoms with E-state index in [4.69, 9.17) is 0 Å². The zero-order valence-electron chi connectivity index (χ0n) is 14.7. The summed E-state index contributed by atoms with van der Waals surface area (Å²) in [6.07, 6.45) is 1.52. The third-order valence-electron chi connectivity index (χ3n) is 5.07. The lowest BCUT2D eigenvalue weighted by atomic mass is 9.94. The summed E-state index contributed by atoms with van der Waals surface area (Å²) in [5.41, 5.74) is 4.19. The third kappa shape index (κ3) is 3.12. The van der Waals surface area contributed by atoms with E-state index >= 15 is 0 Å². The minimum absolute atomic E-state index is 0.0707. The minimum Gasteiger partial charge on any atom is -0.335 e. The number of aryl methyl sites for hydroxylation is 1. The molecule has 1 atom stereocenters. The number of benzene rings is 2. The molecule has 0 radical (unpaired) electrons. The molecule has 3 aromatic rings. The number of carbonyl (C=O) groups excluding carboxylic acids is 1. The first kappa shape index (κ1) is 16.5. The second-order valence-electron chi connectivity index (χ2n) is 6.87. The van der Waals surface area contributed by atoms with Crippen LogP contribution in [-0.4, -0.2) is 26.8 Å². The number of nitrogens with one attached hydrogen (secondary N) is 1. The van der Waals surface area contributed by atoms with Crippen LogP contribution in [0.4, 0.5) is 0 Å². The van der Waals surface area contributed by atoms with Crippen LogP contribution in [0.5, 0.6) is 0 Å². The van der Waals surface area contributed by atoms with Gasteiger partial charge in [0, 0.05) is 25.4 Å². The molecule has 2 heterocycles. The molecule has 1 unspecified atom stereocenters. The first-order valence-electron chi connectivity index (χ1n) is 8.96. The predicted molar refractivity (Wildman–Crippen MR) is 101 cm³/mol. The Bertz CT molecular complexity index is 1020. The van der Waals surface area contributed by atoms with E-state index in [0.29, 0.717) is 30.6 Å². The first-order chi connectivity index (χ1) is 12.6. The monoisotopic (exact) mass is 347 g/mol. The highest BCUT2D eigenvalue weighted by Gasteiger charge is 2.26. The molecule has 2 aromatic carbocycles. The topological polar surface area (TPSA) is 66.1 Å². The molecule has 4 rings (SSSR count). The zero-order valence-corrected chi connectivity index (χ0v) is 14.7. The maximum Gasteiger partial charge on any atom is 0.270 e. The predicted octanol–water partition coefficient (Wildman–Crippen LogP) is 2.83. The van der Waals surface area contributed by atoms with Crippen LogP contribution in [0.25, 0.3) is 11.0 Å². The van der Waals surface area contributed by atoms with Gasteiger partial charge in [0.1, 0.15) is 5.69 Å². The van der Waals surface area contributed by atoms with Gasteiger partial charge in [-0.2, -0.15) is 0 Å². The highest BCUT2D eigenvalue weighted by Crippen LogP contribution is 2.23. The van der Waals surface area contributed by atoms with Crippen molar-refractivity contribution in [3.8, 4) is 0 Å². The van der Waals surface area contributed by atoms with E-state index in [1.807, 2.05) is 41.3 Å². The van der Waals surface area contributed by atoms with E-state index in [1.165, 1.54) is 11.1 Å². The number of para-hydroxylation sites is 2. The van der Waals surface area contributed by atoms with Gasteiger partial charge in [-0.1, -0.05) is 36.4 Å². The van der Waals surface area contributed by atoms with E-state index in [1.54, 1.807) is 0 Å². The Morgan fingerprint density at radius 3 is 2.73 bits per heavy atom. The highest BCUT2D eigenvalue weighted by atomic mass is 16.2. The Balaban J connectivity index is 1.49. The summed E-state index contributed by atoms with van der Waals surface area (Å²) in [6, 6.07) is 15.9. The van der Waals surface area contributed by atoms with E-state index in [0.717, 1.165) is 11.9 Å². The van der Waals surface area contributed by atoms with Crippen molar-refractivity contribution in [3.63, 3.8) is 0 Å². The summed E-state index contributed by atoms with van der Waals surface area (Å²) in [4.78, 5) is 34.1. The lowest BCUT2D eigenvalue weighted by molar-refractivity contribution is -0.134. The molecule has 1 aliphatic heterocycles. The lowest BCUT2D eigenvalue weighted by Gasteiger charge is -2.35. The minimum atomic E-state index is -0.214. The van der Waals surface area contributed by atoms with E-state index in [2.05, 4.69) is 29.0 Å². The van der Waals surface area contributed by atoms with E-state index in [9.17, 15) is 9.59 Å². The van der Waals surface area contributed by atoms with Crippen LogP contribution < -0.4 is 5.56 Å². The molecule has 0 bridgehead atoms. The largest absolute Gasteiger partial charge is 0.335 e. The van der Waals surface area contributed by atoms with Gasteiger partial charge >= 0.3 is 0 Å². The molecule has 132 valence electrons. The van der Waals surface area contributed by atoms with Crippen molar-refractivity contribution in [2.45, 2.75) is 38.8 Å². The number of carbonyl (C=O) groups is 1. The van der Waals surface area contributed by atoms with E-state index in [-0.39, 0.29) is 17.5 Å². The van der Waals surface area contributed by atoms with Crippen LogP contribution in [0, 0.1) is 0 Å². The maximum atomic E-state index is 12.8. The second-order valence-corrected chi connectivity index (χ2v) is 6.87. The fourth-order valence-corrected chi connectivity index (χ4v) is 3.62. The third-order valence-corrected chi connectivity index (χ3v) is 5.07. The smallest absolute Gasteiger partial charge is 0.270 e. The van der Waals surface area contributed by atoms with Crippen molar-refractivity contribution in [2.24, 2.45) is 0 Å². The molecule has 1 aliphatic rings. The number of aromatic nitrogens is 2. The summed E-state index contributed by atoms with van der Waals surface area (Å²) in [5, 5.41) is 0. The van der Waals surface area contributed by atoms with Crippen LogP contribution in [0.2, 0.25) is 0 Å². The summed E-state index contributed by atoms with van der Waals surface area (Å²) >= 11 is 0. The molecule has 5 heteroatoms. The van der Waals surface area contributed by atoms with Crippen molar-refractivity contribution in [2.75, 3.05) is 0 Å². The summed E-state index contributed by atoms with van der Waals surface area (Å²) in [6.45, 7) is 2.71. The molecule has 5 nitrogen and oxygen atoms in total. The van der Waals surface area contributed by atoms with Crippen LogP contribution in [0.1, 0.15) is 30.2 Å². The average molecular weight is 347 g/mol. The Labute approximate surface area is 151 Å². The molecule has 1 N–H and O–H groups in total. The Hall–Kier alpha value is -2.95. The molecule has 0 aliphatic carbocycles. The first-order valence-corrected chi connectivity index (χ1v) is 8.96. The van der Waals surface area contributed by atoms with Gasteiger partial charge in [0.2, 0.25) is 5.91 Å². The molecule has 1 aromatic heterocycles. The molecule has 0 fully saturated rings. The second kappa shape index (κ2) is 6.75. The fourth-order valence-electron chi connectivity index (χ4n) is 3.62. The van der Waals surface area contributed by atoms with Gasteiger partial charge in [-0.15, -0.1) is 0 Å². The van der Waals surface area contributed by atoms with Gasteiger partial charge in [-0.3, -0.25) is 9.59 Å². The maximum absolute atomic E-state index is 12.8. The SMILES string of the molecule is CC1Cc2ccccc2CN1C(=O)CCc1nc2ccccc2[nH]c1=O. The molecular weight excluding hydrogens is 326 g/mol. The Morgan fingerprint density at radius 1 is 1.15 bits per heavy atom. The quantitative estimate of drug-likeness (QED) is 0.792. The molecule has 0 saturated carbocycles. The normalized spacial score (nSPS) is 16.5. The Kier molecular flexibility index (Phi) is 4.29. The van der Waals surface area contributed by atoms with Crippen LogP contribution in [0.3, 0.4) is 0 Å². The average Bonchev–Trinajstić information content (AvgIpc) is 2.65. The van der Waals surface area contributed by atoms with Crippen molar-refractivity contribution in [1.29, 1.82) is 0 Å². The number of amides is 1. The van der Waals surface area contributed by atoms with Gasteiger partial charge in [0.05, 0.1) is 11.0 Å². The zero-order chi connectivity index (χ0) is 18.1. The van der Waals surface area contributed by atoms with Crippen molar-refractivity contribution < 1.29 is 4.79 Å². The van der Waals surface area contributed by atoms with Gasteiger partial charge < -0.3 is 9.88 Å². The molecular formula is C21H21N3O2. The number of hydrogen-bond acceptors (Lipinski definition) is 3. The summed E-state index contributed by atoms with van der Waals surface area (Å²) in [5.74, 6) is 0.0707. The number of aromatic amines is 1. The van der Waals surface area contributed by atoms with E-state index < -0.39 is 0 Å². The fraction of sp³-hybridized carbons (Fsp3) is 0.286. The number of hydrogen-bond donors (Lipinski definition) is 1. The molecule has 1 amide bonds. The van der Waals surface area contributed by atoms with Gasteiger partial charge in [-0.25, -0.2) is 4.98 Å². The van der Waals surface area contributed by atoms with Crippen LogP contribution >= 0.6 is 0 Å². The molecule has 26 heavy (non-hydrogen) atoms. The number of H-pyrrole nitrogens is 1. The Morgan fingerprint density at radius 2 is 1.88 bits per heavy atom. The summed E-state index contributed by atoms with van der Waals surface area (Å²) in [7, 11) is 0. The number of rotatable bonds is 3. The van der Waals surface area contributed by atoms with Crippen molar-refractivity contribution in [1.82, 2.24) is 14.9 Å². The van der Waals surface area contributed by atoms with Gasteiger partial charge in [0.15, 0.2) is 0 Å². The van der Waals surface area contributed by atoms with Crippen LogP contribution in [0.15, 0.2) is 53.3 Å². The molecule has 0 saturated heterocycles. The molecule has 0 spiro atoms. The van der Waals surface area contributed by atoms with Crippen LogP contribution in [-0.2, 0) is 24.2 Å². The summed E-state index contributed by atoms with van der Waals surface area (Å²) < 4.78 is 0. The lowest BCUT2D eigenvalue weighted by Crippen LogP contribution is -2.42. The van der Waals surface area contributed by atoms with Gasteiger partial charge in [0.25, 0.3) is 5.56 Å². The standard InChI is InChI=1S/C21H21N3O2/c1-14-12-15-6-2-3-7-16(15)13-24(14)20(25)11-10-19-21(26)23-18-9-5-4-8-17(18)22-19/h2-9,14H,10-13H2,1H3,(H,23,26). The van der Waals surface area contributed by atoms with Gasteiger partial charge in [-0.05, 0) is 36.6 Å². The van der Waals surface area contributed by atoms with Crippen molar-refractivity contribution in [3.05, 3.63) is 75.7 Å². The highest BCUT2D eigenvalue weighted by molar-refractivity contribution is 5.77. The number of nitrogens with zero attached hydrogens (tertiary/aromatic N) is 2. The number of fused-ring (bicyclic) bond motifs is 2.